The second-order valence-corrected chi connectivity index (χ2v) is 9.90. The monoisotopic (exact) mass is 565 g/mol. The van der Waals surface area contributed by atoms with Crippen LogP contribution in [0.4, 0.5) is 11.4 Å². The number of fused-ring (bicyclic) bond motifs is 3. The Morgan fingerprint density at radius 2 is 1.71 bits per heavy atom. The minimum atomic E-state index is -1.62. The molecule has 0 aliphatic carbocycles. The Balaban J connectivity index is 1.57. The van der Waals surface area contributed by atoms with Crippen LogP contribution < -0.4 is 10.6 Å². The number of nitrogens with zero attached hydrogens (tertiary/aromatic N) is 3. The minimum absolute atomic E-state index is 0.0118. The first-order valence-electron chi connectivity index (χ1n) is 12.6. The quantitative estimate of drug-likeness (QED) is 0.143. The third-order valence-electron chi connectivity index (χ3n) is 6.24. The summed E-state index contributed by atoms with van der Waals surface area (Å²) in [4.78, 5) is 51.7. The van der Waals surface area contributed by atoms with E-state index in [-0.39, 0.29) is 12.3 Å². The average molecular weight is 566 g/mol. The molecular weight excluding hydrogens is 542 g/mol. The number of hydrogen-bond acceptors (Lipinski definition) is 8. The van der Waals surface area contributed by atoms with Crippen LogP contribution in [-0.4, -0.2) is 40.0 Å². The van der Waals surface area contributed by atoms with Crippen LogP contribution in [0.15, 0.2) is 83.8 Å². The molecule has 0 radical (unpaired) electrons. The van der Waals surface area contributed by atoms with Gasteiger partial charge in [-0.15, -0.1) is 11.8 Å². The molecule has 1 atom stereocenters. The number of ketones is 1. The molecule has 1 unspecified atom stereocenters. The summed E-state index contributed by atoms with van der Waals surface area (Å²) in [6, 6.07) is 24.7. The van der Waals surface area contributed by atoms with Crippen molar-refractivity contribution < 1.29 is 23.9 Å². The predicted octanol–water partition coefficient (Wildman–Crippen LogP) is 4.61. The number of anilines is 2. The van der Waals surface area contributed by atoms with Crippen LogP contribution >= 0.6 is 11.8 Å². The van der Waals surface area contributed by atoms with E-state index in [2.05, 4.69) is 15.7 Å². The highest BCUT2D eigenvalue weighted by Gasteiger charge is 2.36. The van der Waals surface area contributed by atoms with Crippen molar-refractivity contribution in [3.63, 3.8) is 0 Å². The maximum Gasteiger partial charge on any atom is 0.397 e. The Kier molecular flexibility index (Phi) is 7.94. The number of para-hydroxylation sites is 2. The number of benzene rings is 3. The van der Waals surface area contributed by atoms with Gasteiger partial charge in [-0.2, -0.15) is 10.4 Å². The highest BCUT2D eigenvalue weighted by atomic mass is 32.2. The lowest BCUT2D eigenvalue weighted by Gasteiger charge is -2.19. The summed E-state index contributed by atoms with van der Waals surface area (Å²) in [5.74, 6) is -4.64. The van der Waals surface area contributed by atoms with Gasteiger partial charge >= 0.3 is 11.9 Å². The van der Waals surface area contributed by atoms with E-state index in [0.29, 0.717) is 39.6 Å². The third kappa shape index (κ3) is 5.59. The Hall–Kier alpha value is -5.21. The number of carbonyl (C=O) groups is 4. The molecular formula is C30H23N5O5S. The number of Topliss-reactive ketones (excluding diaryl/α,β-unsaturated/α-hetero) is 1. The lowest BCUT2D eigenvalue weighted by molar-refractivity contribution is -0.152. The van der Waals surface area contributed by atoms with Gasteiger partial charge in [-0.1, -0.05) is 36.4 Å². The van der Waals surface area contributed by atoms with Gasteiger partial charge in [0.25, 0.3) is 0 Å². The smallest absolute Gasteiger partial charge is 0.397 e. The Bertz CT molecular complexity index is 1700. The third-order valence-corrected chi connectivity index (χ3v) is 7.34. The first kappa shape index (κ1) is 27.4. The van der Waals surface area contributed by atoms with Crippen molar-refractivity contribution in [2.45, 2.75) is 17.6 Å². The van der Waals surface area contributed by atoms with Crippen LogP contribution in [0.2, 0.25) is 0 Å². The van der Waals surface area contributed by atoms with Gasteiger partial charge in [-0.3, -0.25) is 14.4 Å². The topological polar surface area (TPSA) is 143 Å². The summed E-state index contributed by atoms with van der Waals surface area (Å²) in [6.07, 6.45) is 0. The summed E-state index contributed by atoms with van der Waals surface area (Å²) in [7, 11) is 0. The minimum Gasteiger partial charge on any atom is -0.459 e. The number of carbonyl (C=O) groups excluding carboxylic acids is 4. The Morgan fingerprint density at radius 3 is 2.39 bits per heavy atom. The first-order valence-corrected chi connectivity index (χ1v) is 13.6. The highest BCUT2D eigenvalue weighted by molar-refractivity contribution is 7.98. The fourth-order valence-electron chi connectivity index (χ4n) is 4.37. The number of hydrogen-bond donors (Lipinski definition) is 2. The first-order chi connectivity index (χ1) is 19.9. The van der Waals surface area contributed by atoms with Crippen LogP contribution in [0, 0.1) is 17.2 Å². The van der Waals surface area contributed by atoms with Gasteiger partial charge in [0.05, 0.1) is 24.1 Å². The van der Waals surface area contributed by atoms with E-state index in [1.165, 1.54) is 11.8 Å². The van der Waals surface area contributed by atoms with E-state index >= 15 is 0 Å². The molecule has 1 aliphatic rings. The van der Waals surface area contributed by atoms with Gasteiger partial charge in [0.1, 0.15) is 5.69 Å². The summed E-state index contributed by atoms with van der Waals surface area (Å²) in [6.45, 7) is 1.67. The maximum absolute atomic E-state index is 13.7. The second kappa shape index (κ2) is 11.9. The van der Waals surface area contributed by atoms with Gasteiger partial charge in [0, 0.05) is 33.2 Å². The lowest BCUT2D eigenvalue weighted by Crippen LogP contribution is -2.29. The van der Waals surface area contributed by atoms with E-state index in [1.807, 2.05) is 36.4 Å². The van der Waals surface area contributed by atoms with E-state index in [9.17, 15) is 24.4 Å². The fourth-order valence-corrected chi connectivity index (χ4v) is 5.42. The molecule has 2 heterocycles. The molecule has 1 aromatic heterocycles. The van der Waals surface area contributed by atoms with Crippen molar-refractivity contribution in [3.8, 4) is 23.0 Å². The zero-order valence-electron chi connectivity index (χ0n) is 21.8. The van der Waals surface area contributed by atoms with Crippen molar-refractivity contribution in [2.75, 3.05) is 17.2 Å². The van der Waals surface area contributed by atoms with Crippen molar-refractivity contribution in [1.29, 1.82) is 5.26 Å². The lowest BCUT2D eigenvalue weighted by atomic mass is 9.97. The van der Waals surface area contributed by atoms with Crippen molar-refractivity contribution >= 4 is 46.7 Å². The maximum atomic E-state index is 13.7. The van der Waals surface area contributed by atoms with E-state index in [0.717, 1.165) is 4.90 Å². The molecule has 0 spiro atoms. The molecule has 1 aliphatic heterocycles. The molecule has 11 heteroatoms. The van der Waals surface area contributed by atoms with Crippen LogP contribution in [0.5, 0.6) is 0 Å². The zero-order chi connectivity index (χ0) is 28.9. The van der Waals surface area contributed by atoms with Crippen LogP contribution in [0.1, 0.15) is 23.0 Å². The van der Waals surface area contributed by atoms with Crippen molar-refractivity contribution in [1.82, 2.24) is 9.78 Å². The van der Waals surface area contributed by atoms with E-state index in [1.54, 1.807) is 60.1 Å². The number of nitrogens with one attached hydrogen (secondary N) is 2. The van der Waals surface area contributed by atoms with Gasteiger partial charge in [-0.25, -0.2) is 9.48 Å². The van der Waals surface area contributed by atoms with Crippen LogP contribution in [0.3, 0.4) is 0 Å². The van der Waals surface area contributed by atoms with Crippen LogP contribution in [0.25, 0.3) is 16.9 Å². The number of rotatable bonds is 7. The molecule has 0 bridgehead atoms. The molecule has 5 rings (SSSR count). The SMILES string of the molecule is CCOC(=O)C(=O)Nc1ccc2c(c1)-c1c(c(C(=O)C(C#N)C(=O)Nc3ccccc3)nn1-c1ccccc1)CS2. The Labute approximate surface area is 239 Å². The number of esters is 1. The molecule has 0 saturated carbocycles. The molecule has 10 nitrogen and oxygen atoms in total. The normalized spacial score (nSPS) is 12.2. The predicted molar refractivity (Wildman–Crippen MR) is 152 cm³/mol. The van der Waals surface area contributed by atoms with E-state index < -0.39 is 29.5 Å². The van der Waals surface area contributed by atoms with Gasteiger partial charge in [0.15, 0.2) is 5.92 Å². The fraction of sp³-hybridized carbons (Fsp3) is 0.133. The second-order valence-electron chi connectivity index (χ2n) is 8.88. The van der Waals surface area contributed by atoms with Crippen molar-refractivity contribution in [3.05, 3.63) is 90.1 Å². The molecule has 2 amide bonds. The summed E-state index contributed by atoms with van der Waals surface area (Å²) >= 11 is 1.45. The number of amides is 2. The molecule has 3 aromatic carbocycles. The largest absolute Gasteiger partial charge is 0.459 e. The number of thioether (sulfide) groups is 1. The molecule has 0 fully saturated rings. The zero-order valence-corrected chi connectivity index (χ0v) is 22.6. The van der Waals surface area contributed by atoms with Gasteiger partial charge in [-0.05, 0) is 49.4 Å². The number of aromatic nitrogens is 2. The standard InChI is InChI=1S/C30H23N5O5S/c1-2-40-30(39)29(38)33-19-13-14-24-21(15-19)26-23(17-41-24)25(34-35(26)20-11-7-4-8-12-20)27(36)22(16-31)28(37)32-18-9-5-3-6-10-18/h3-15,22H,2,17H2,1H3,(H,32,37)(H,33,38). The summed E-state index contributed by atoms with van der Waals surface area (Å²) < 4.78 is 6.37. The number of ether oxygens (including phenoxy) is 1. The Morgan fingerprint density at radius 1 is 1.00 bits per heavy atom. The molecule has 204 valence electrons. The number of nitriles is 1. The summed E-state index contributed by atoms with van der Waals surface area (Å²) in [5, 5.41) is 19.6. The van der Waals surface area contributed by atoms with Gasteiger partial charge < -0.3 is 15.4 Å². The van der Waals surface area contributed by atoms with Crippen LogP contribution in [-0.2, 0) is 24.9 Å². The highest BCUT2D eigenvalue weighted by Crippen LogP contribution is 2.45. The summed E-state index contributed by atoms with van der Waals surface area (Å²) in [5.41, 5.74) is 3.28. The molecule has 41 heavy (non-hydrogen) atoms. The molecule has 0 saturated heterocycles. The molecule has 4 aromatic rings. The molecule has 2 N–H and O–H groups in total. The average Bonchev–Trinajstić information content (AvgIpc) is 3.39. The van der Waals surface area contributed by atoms with Crippen molar-refractivity contribution in [2.24, 2.45) is 5.92 Å². The van der Waals surface area contributed by atoms with Gasteiger partial charge in [0.2, 0.25) is 11.7 Å². The van der Waals surface area contributed by atoms with E-state index in [4.69, 9.17) is 4.74 Å².